The number of hydrogen-bond acceptors (Lipinski definition) is 3. The van der Waals surface area contributed by atoms with Gasteiger partial charge in [-0.1, -0.05) is 24.6 Å². The predicted octanol–water partition coefficient (Wildman–Crippen LogP) is 2.00. The first-order valence-corrected chi connectivity index (χ1v) is 5.69. The van der Waals surface area contributed by atoms with Crippen LogP contribution in [0.3, 0.4) is 0 Å². The third-order valence-corrected chi connectivity index (χ3v) is 2.30. The van der Waals surface area contributed by atoms with Crippen LogP contribution in [0.25, 0.3) is 0 Å². The van der Waals surface area contributed by atoms with E-state index in [1.165, 1.54) is 5.56 Å². The van der Waals surface area contributed by atoms with Gasteiger partial charge in [0.05, 0.1) is 6.61 Å². The summed E-state index contributed by atoms with van der Waals surface area (Å²) in [4.78, 5) is 0. The van der Waals surface area contributed by atoms with Gasteiger partial charge in [0, 0.05) is 13.7 Å². The van der Waals surface area contributed by atoms with E-state index in [2.05, 4.69) is 19.2 Å². The highest BCUT2D eigenvalue weighted by Crippen LogP contribution is 2.13. The number of aryl methyl sites for hydroxylation is 1. The number of benzene rings is 1. The highest BCUT2D eigenvalue weighted by molar-refractivity contribution is 5.26. The smallest absolute Gasteiger partial charge is 0.134 e. The van der Waals surface area contributed by atoms with Gasteiger partial charge in [0.25, 0.3) is 0 Å². The first-order chi connectivity index (χ1) is 7.76. The van der Waals surface area contributed by atoms with E-state index < -0.39 is 0 Å². The van der Waals surface area contributed by atoms with Gasteiger partial charge in [0.2, 0.25) is 0 Å². The third-order valence-electron chi connectivity index (χ3n) is 2.30. The monoisotopic (exact) mass is 223 g/mol. The van der Waals surface area contributed by atoms with Crippen molar-refractivity contribution in [2.75, 3.05) is 26.8 Å². The second-order valence-electron chi connectivity index (χ2n) is 3.82. The molecule has 0 aliphatic carbocycles. The molecular weight excluding hydrogens is 202 g/mol. The molecule has 0 saturated carbocycles. The number of ether oxygens (including phenoxy) is 2. The lowest BCUT2D eigenvalue weighted by Gasteiger charge is -2.18. The summed E-state index contributed by atoms with van der Waals surface area (Å²) in [6.07, 6.45) is 0.0626. The maximum Gasteiger partial charge on any atom is 0.134 e. The number of nitrogens with one attached hydrogen (secondary N) is 1. The average molecular weight is 223 g/mol. The van der Waals surface area contributed by atoms with Crippen LogP contribution in [-0.2, 0) is 4.74 Å². The molecule has 0 aliphatic heterocycles. The van der Waals surface area contributed by atoms with Crippen LogP contribution in [0.2, 0.25) is 0 Å². The first kappa shape index (κ1) is 13.0. The van der Waals surface area contributed by atoms with Gasteiger partial charge >= 0.3 is 0 Å². The first-order valence-electron chi connectivity index (χ1n) is 5.69. The lowest BCUT2D eigenvalue weighted by Crippen LogP contribution is -2.34. The van der Waals surface area contributed by atoms with Gasteiger partial charge in [-0.3, -0.25) is 0 Å². The lowest BCUT2D eigenvalue weighted by atomic mass is 10.2. The summed E-state index contributed by atoms with van der Waals surface area (Å²) in [5, 5.41) is 3.26. The van der Waals surface area contributed by atoms with Gasteiger partial charge in [-0.25, -0.2) is 0 Å². The molecule has 0 amide bonds. The molecule has 1 aromatic carbocycles. The Labute approximate surface area is 97.8 Å². The molecule has 1 N–H and O–H groups in total. The molecule has 0 heterocycles. The van der Waals surface area contributed by atoms with Crippen LogP contribution in [0.15, 0.2) is 24.3 Å². The van der Waals surface area contributed by atoms with Crippen molar-refractivity contribution >= 4 is 0 Å². The zero-order valence-corrected chi connectivity index (χ0v) is 10.3. The predicted molar refractivity (Wildman–Crippen MR) is 66.0 cm³/mol. The Kier molecular flexibility index (Phi) is 5.90. The number of likely N-dealkylation sites (N-methyl/N-ethyl adjacent to an activating group) is 1. The highest BCUT2D eigenvalue weighted by Gasteiger charge is 2.09. The van der Waals surface area contributed by atoms with Crippen molar-refractivity contribution in [2.24, 2.45) is 0 Å². The average Bonchev–Trinajstić information content (AvgIpc) is 2.29. The quantitative estimate of drug-likeness (QED) is 0.767. The molecule has 0 aromatic heterocycles. The van der Waals surface area contributed by atoms with Crippen molar-refractivity contribution in [3.63, 3.8) is 0 Å². The molecule has 0 radical (unpaired) electrons. The fourth-order valence-electron chi connectivity index (χ4n) is 1.44. The summed E-state index contributed by atoms with van der Waals surface area (Å²) in [5.74, 6) is 0.894. The Morgan fingerprint density at radius 2 is 1.94 bits per heavy atom. The molecule has 0 saturated heterocycles. The lowest BCUT2D eigenvalue weighted by molar-refractivity contribution is 0.0810. The van der Waals surface area contributed by atoms with E-state index in [0.717, 1.165) is 18.8 Å². The summed E-state index contributed by atoms with van der Waals surface area (Å²) in [5.41, 5.74) is 1.24. The van der Waals surface area contributed by atoms with E-state index in [1.54, 1.807) is 7.11 Å². The molecule has 16 heavy (non-hydrogen) atoms. The second kappa shape index (κ2) is 7.25. The Hall–Kier alpha value is -1.06. The Balaban J connectivity index is 2.49. The van der Waals surface area contributed by atoms with Crippen LogP contribution in [0, 0.1) is 6.92 Å². The van der Waals surface area contributed by atoms with Crippen LogP contribution in [0.5, 0.6) is 5.75 Å². The summed E-state index contributed by atoms with van der Waals surface area (Å²) in [6, 6.07) is 8.08. The zero-order valence-electron chi connectivity index (χ0n) is 10.3. The number of rotatable bonds is 7. The van der Waals surface area contributed by atoms with Crippen molar-refractivity contribution < 1.29 is 9.47 Å². The Morgan fingerprint density at radius 1 is 1.25 bits per heavy atom. The van der Waals surface area contributed by atoms with Crippen molar-refractivity contribution in [3.8, 4) is 5.75 Å². The minimum atomic E-state index is 0.0626. The van der Waals surface area contributed by atoms with E-state index in [-0.39, 0.29) is 6.10 Å². The topological polar surface area (TPSA) is 30.5 Å². The Bertz CT molecular complexity index is 284. The largest absolute Gasteiger partial charge is 0.487 e. The zero-order chi connectivity index (χ0) is 11.8. The van der Waals surface area contributed by atoms with Crippen LogP contribution in [0.4, 0.5) is 0 Å². The SMILES string of the molecule is CCNCC(COC)Oc1ccc(C)cc1. The normalized spacial score (nSPS) is 12.4. The van der Waals surface area contributed by atoms with Crippen molar-refractivity contribution in [3.05, 3.63) is 29.8 Å². The number of methoxy groups -OCH3 is 1. The van der Waals surface area contributed by atoms with Crippen LogP contribution < -0.4 is 10.1 Å². The molecule has 1 unspecified atom stereocenters. The molecule has 0 bridgehead atoms. The maximum atomic E-state index is 5.82. The van der Waals surface area contributed by atoms with Gasteiger partial charge in [0.15, 0.2) is 0 Å². The molecule has 0 fully saturated rings. The fraction of sp³-hybridized carbons (Fsp3) is 0.538. The third kappa shape index (κ3) is 4.64. The molecule has 1 aromatic rings. The van der Waals surface area contributed by atoms with E-state index >= 15 is 0 Å². The van der Waals surface area contributed by atoms with Crippen molar-refractivity contribution in [2.45, 2.75) is 20.0 Å². The summed E-state index contributed by atoms with van der Waals surface area (Å²) in [6.45, 7) is 6.49. The molecular formula is C13H21NO2. The van der Waals surface area contributed by atoms with E-state index in [4.69, 9.17) is 9.47 Å². The standard InChI is InChI=1S/C13H21NO2/c1-4-14-9-13(10-15-3)16-12-7-5-11(2)6-8-12/h5-8,13-14H,4,9-10H2,1-3H3. The molecule has 0 aliphatic rings. The van der Waals surface area contributed by atoms with Crippen LogP contribution in [-0.4, -0.2) is 32.9 Å². The molecule has 90 valence electrons. The summed E-state index contributed by atoms with van der Waals surface area (Å²) < 4.78 is 11.0. The van der Waals surface area contributed by atoms with Gasteiger partial charge < -0.3 is 14.8 Å². The molecule has 1 atom stereocenters. The number of hydrogen-bond donors (Lipinski definition) is 1. The molecule has 0 spiro atoms. The van der Waals surface area contributed by atoms with E-state index in [0.29, 0.717) is 6.61 Å². The van der Waals surface area contributed by atoms with Gasteiger partial charge in [-0.15, -0.1) is 0 Å². The summed E-state index contributed by atoms with van der Waals surface area (Å²) >= 11 is 0. The van der Waals surface area contributed by atoms with Crippen molar-refractivity contribution in [1.82, 2.24) is 5.32 Å². The molecule has 3 nitrogen and oxygen atoms in total. The second-order valence-corrected chi connectivity index (χ2v) is 3.82. The van der Waals surface area contributed by atoms with E-state index in [1.807, 2.05) is 24.3 Å². The summed E-state index contributed by atoms with van der Waals surface area (Å²) in [7, 11) is 1.69. The highest BCUT2D eigenvalue weighted by atomic mass is 16.5. The van der Waals surface area contributed by atoms with E-state index in [9.17, 15) is 0 Å². The Morgan fingerprint density at radius 3 is 2.50 bits per heavy atom. The van der Waals surface area contributed by atoms with Gasteiger partial charge in [-0.2, -0.15) is 0 Å². The minimum absolute atomic E-state index is 0.0626. The molecule has 3 heteroatoms. The van der Waals surface area contributed by atoms with Crippen LogP contribution >= 0.6 is 0 Å². The van der Waals surface area contributed by atoms with Crippen molar-refractivity contribution in [1.29, 1.82) is 0 Å². The fourth-order valence-corrected chi connectivity index (χ4v) is 1.44. The van der Waals surface area contributed by atoms with Crippen LogP contribution in [0.1, 0.15) is 12.5 Å². The molecule has 1 rings (SSSR count). The van der Waals surface area contributed by atoms with Gasteiger partial charge in [-0.05, 0) is 25.6 Å². The minimum Gasteiger partial charge on any atom is -0.487 e. The maximum absolute atomic E-state index is 5.82. The van der Waals surface area contributed by atoms with Gasteiger partial charge in [0.1, 0.15) is 11.9 Å².